The first-order chi connectivity index (χ1) is 17.0. The van der Waals surface area contributed by atoms with Crippen molar-refractivity contribution in [3.8, 4) is 17.2 Å². The summed E-state index contributed by atoms with van der Waals surface area (Å²) in [6.07, 6.45) is 3.14. The molecule has 1 aromatic heterocycles. The van der Waals surface area contributed by atoms with Crippen molar-refractivity contribution in [2.45, 2.75) is 19.3 Å². The summed E-state index contributed by atoms with van der Waals surface area (Å²) in [5.74, 6) is 0.755. The van der Waals surface area contributed by atoms with Gasteiger partial charge in [0.15, 0.2) is 5.58 Å². The summed E-state index contributed by atoms with van der Waals surface area (Å²) in [5, 5.41) is 14.5. The fraction of sp³-hybridized carbons (Fsp3) is 0.231. The van der Waals surface area contributed by atoms with Crippen LogP contribution in [0.4, 0.5) is 17.1 Å². The standard InChI is InChI=1S/C26H24N4O5/c1-34-20-9-5-17(6-10-20)26-28-21-16-19(8-12-24(21)35-26)27-25(31)18-7-11-22(23(15-18)30(32)33)29-13-3-2-4-14-29/h5-12,15-16H,2-4,13-14H2,1H3,(H,27,31). The van der Waals surface area contributed by atoms with Crippen molar-refractivity contribution in [3.05, 3.63) is 76.3 Å². The average molecular weight is 473 g/mol. The molecule has 3 aromatic carbocycles. The number of nitrogens with one attached hydrogen (secondary N) is 1. The Morgan fingerprint density at radius 3 is 2.54 bits per heavy atom. The Kier molecular flexibility index (Phi) is 6.05. The third-order valence-electron chi connectivity index (χ3n) is 6.11. The van der Waals surface area contributed by atoms with Gasteiger partial charge in [0.1, 0.15) is 17.0 Å². The predicted octanol–water partition coefficient (Wildman–Crippen LogP) is 5.65. The molecule has 0 saturated carbocycles. The van der Waals surface area contributed by atoms with E-state index in [9.17, 15) is 14.9 Å². The summed E-state index contributed by atoms with van der Waals surface area (Å²) in [6, 6.07) is 17.1. The Hall–Kier alpha value is -4.40. The highest BCUT2D eigenvalue weighted by atomic mass is 16.6. The average Bonchev–Trinajstić information content (AvgIpc) is 3.32. The lowest BCUT2D eigenvalue weighted by Gasteiger charge is -2.28. The van der Waals surface area contributed by atoms with Crippen LogP contribution in [0, 0.1) is 10.1 Å². The zero-order valence-electron chi connectivity index (χ0n) is 19.2. The molecule has 1 aliphatic rings. The van der Waals surface area contributed by atoms with Crippen LogP contribution in [0.25, 0.3) is 22.6 Å². The van der Waals surface area contributed by atoms with Crippen LogP contribution < -0.4 is 15.0 Å². The van der Waals surface area contributed by atoms with Crippen LogP contribution in [0.5, 0.6) is 5.75 Å². The van der Waals surface area contributed by atoms with E-state index < -0.39 is 10.8 Å². The molecule has 0 spiro atoms. The number of benzene rings is 3. The second-order valence-corrected chi connectivity index (χ2v) is 8.39. The van der Waals surface area contributed by atoms with E-state index in [-0.39, 0.29) is 11.3 Å². The molecule has 1 aliphatic heterocycles. The summed E-state index contributed by atoms with van der Waals surface area (Å²) in [7, 11) is 1.60. The van der Waals surface area contributed by atoms with Crippen LogP contribution >= 0.6 is 0 Å². The number of aromatic nitrogens is 1. The summed E-state index contributed by atoms with van der Waals surface area (Å²) in [5.41, 5.74) is 3.19. The molecule has 0 bridgehead atoms. The fourth-order valence-corrected chi connectivity index (χ4v) is 4.28. The third-order valence-corrected chi connectivity index (χ3v) is 6.11. The van der Waals surface area contributed by atoms with E-state index in [0.717, 1.165) is 43.7 Å². The number of nitro benzene ring substituents is 1. The normalized spacial score (nSPS) is 13.6. The summed E-state index contributed by atoms with van der Waals surface area (Å²) in [6.45, 7) is 1.56. The van der Waals surface area contributed by atoms with E-state index in [1.54, 1.807) is 37.4 Å². The van der Waals surface area contributed by atoms with Crippen molar-refractivity contribution in [1.29, 1.82) is 0 Å². The number of piperidine rings is 1. The van der Waals surface area contributed by atoms with Crippen molar-refractivity contribution in [2.75, 3.05) is 30.4 Å². The second kappa shape index (κ2) is 9.46. The molecule has 1 saturated heterocycles. The van der Waals surface area contributed by atoms with Crippen molar-refractivity contribution in [2.24, 2.45) is 0 Å². The Labute approximate surface area is 201 Å². The Bertz CT molecular complexity index is 1390. The highest BCUT2D eigenvalue weighted by molar-refractivity contribution is 6.05. The summed E-state index contributed by atoms with van der Waals surface area (Å²) in [4.78, 5) is 30.7. The molecule has 35 heavy (non-hydrogen) atoms. The number of nitro groups is 1. The van der Waals surface area contributed by atoms with Crippen molar-refractivity contribution < 1.29 is 18.9 Å². The van der Waals surface area contributed by atoms with Crippen LogP contribution in [0.3, 0.4) is 0 Å². The molecule has 1 amide bonds. The minimum atomic E-state index is -0.434. The topological polar surface area (TPSA) is 111 Å². The molecule has 178 valence electrons. The molecule has 9 heteroatoms. The Morgan fingerprint density at radius 1 is 1.06 bits per heavy atom. The van der Waals surface area contributed by atoms with Gasteiger partial charge in [-0.05, 0) is 73.9 Å². The highest BCUT2D eigenvalue weighted by Crippen LogP contribution is 2.32. The Balaban J connectivity index is 1.36. The van der Waals surface area contributed by atoms with Crippen LogP contribution in [-0.2, 0) is 0 Å². The van der Waals surface area contributed by atoms with Gasteiger partial charge in [0, 0.05) is 36.0 Å². The number of ether oxygens (including phenoxy) is 1. The zero-order valence-corrected chi connectivity index (χ0v) is 19.2. The number of hydrogen-bond donors (Lipinski definition) is 1. The maximum atomic E-state index is 12.9. The monoisotopic (exact) mass is 472 g/mol. The van der Waals surface area contributed by atoms with Gasteiger partial charge in [0.25, 0.3) is 11.6 Å². The van der Waals surface area contributed by atoms with Crippen LogP contribution in [0.15, 0.2) is 65.1 Å². The van der Waals surface area contributed by atoms with E-state index >= 15 is 0 Å². The number of hydrogen-bond acceptors (Lipinski definition) is 7. The first-order valence-corrected chi connectivity index (χ1v) is 11.4. The van der Waals surface area contributed by atoms with Crippen LogP contribution in [0.2, 0.25) is 0 Å². The first kappa shape index (κ1) is 22.4. The quantitative estimate of drug-likeness (QED) is 0.285. The number of carbonyl (C=O) groups is 1. The number of rotatable bonds is 6. The summed E-state index contributed by atoms with van der Waals surface area (Å²) >= 11 is 0. The molecule has 5 rings (SSSR count). The smallest absolute Gasteiger partial charge is 0.293 e. The zero-order chi connectivity index (χ0) is 24.4. The van der Waals surface area contributed by atoms with E-state index in [2.05, 4.69) is 10.3 Å². The van der Waals surface area contributed by atoms with E-state index in [1.807, 2.05) is 29.2 Å². The third kappa shape index (κ3) is 4.65. The molecule has 0 unspecified atom stereocenters. The number of oxazole rings is 1. The number of amides is 1. The van der Waals surface area contributed by atoms with Crippen molar-refractivity contribution in [1.82, 2.24) is 4.98 Å². The van der Waals surface area contributed by atoms with Gasteiger partial charge >= 0.3 is 0 Å². The highest BCUT2D eigenvalue weighted by Gasteiger charge is 2.23. The Morgan fingerprint density at radius 2 is 1.83 bits per heavy atom. The molecule has 4 aromatic rings. The van der Waals surface area contributed by atoms with E-state index in [1.165, 1.54) is 6.07 Å². The number of fused-ring (bicyclic) bond motifs is 1. The van der Waals surface area contributed by atoms with Crippen LogP contribution in [0.1, 0.15) is 29.6 Å². The number of nitrogens with zero attached hydrogens (tertiary/aromatic N) is 3. The lowest BCUT2D eigenvalue weighted by Crippen LogP contribution is -2.30. The fourth-order valence-electron chi connectivity index (χ4n) is 4.28. The molecule has 1 fully saturated rings. The minimum absolute atomic E-state index is 0.0596. The van der Waals surface area contributed by atoms with Gasteiger partial charge in [-0.25, -0.2) is 4.98 Å². The van der Waals surface area contributed by atoms with Crippen LogP contribution in [-0.4, -0.2) is 36.0 Å². The van der Waals surface area contributed by atoms with Gasteiger partial charge in [-0.15, -0.1) is 0 Å². The largest absolute Gasteiger partial charge is 0.497 e. The van der Waals surface area contributed by atoms with Gasteiger partial charge < -0.3 is 19.4 Å². The molecule has 0 aliphatic carbocycles. The van der Waals surface area contributed by atoms with Gasteiger partial charge in [0.2, 0.25) is 5.89 Å². The van der Waals surface area contributed by atoms with Gasteiger partial charge in [-0.3, -0.25) is 14.9 Å². The van der Waals surface area contributed by atoms with Gasteiger partial charge in [0.05, 0.1) is 12.0 Å². The SMILES string of the molecule is COc1ccc(-c2nc3cc(NC(=O)c4ccc(N5CCCCC5)c([N+](=O)[O-])c4)ccc3o2)cc1. The van der Waals surface area contributed by atoms with Gasteiger partial charge in [-0.1, -0.05) is 0 Å². The first-order valence-electron chi connectivity index (χ1n) is 11.4. The van der Waals surface area contributed by atoms with Crippen molar-refractivity contribution in [3.63, 3.8) is 0 Å². The number of anilines is 2. The van der Waals surface area contributed by atoms with Crippen molar-refractivity contribution >= 4 is 34.1 Å². The second-order valence-electron chi connectivity index (χ2n) is 8.39. The van der Waals surface area contributed by atoms with E-state index in [0.29, 0.717) is 28.4 Å². The molecular formula is C26H24N4O5. The number of carbonyl (C=O) groups excluding carboxylic acids is 1. The lowest BCUT2D eigenvalue weighted by molar-refractivity contribution is -0.384. The molecule has 0 radical (unpaired) electrons. The predicted molar refractivity (Wildman–Crippen MR) is 133 cm³/mol. The maximum Gasteiger partial charge on any atom is 0.293 e. The lowest BCUT2D eigenvalue weighted by atomic mass is 10.1. The summed E-state index contributed by atoms with van der Waals surface area (Å²) < 4.78 is 11.0. The number of methoxy groups -OCH3 is 1. The molecule has 9 nitrogen and oxygen atoms in total. The maximum absolute atomic E-state index is 12.9. The van der Waals surface area contributed by atoms with E-state index in [4.69, 9.17) is 9.15 Å². The molecule has 0 atom stereocenters. The minimum Gasteiger partial charge on any atom is -0.497 e. The van der Waals surface area contributed by atoms with Gasteiger partial charge in [-0.2, -0.15) is 0 Å². The molecule has 2 heterocycles. The molecule has 1 N–H and O–H groups in total. The molecular weight excluding hydrogens is 448 g/mol.